The van der Waals surface area contributed by atoms with Crippen LogP contribution >= 0.6 is 11.8 Å². The molecule has 2 fully saturated rings. The highest BCUT2D eigenvalue weighted by atomic mass is 32.2. The van der Waals surface area contributed by atoms with E-state index in [0.717, 1.165) is 36.2 Å². The SMILES string of the molecule is Cc1ccn(CCC(=O)N[C@H]2CC[C@@H](n3c(=O)c4cc(F)cnc4n(C4CCSCC4)c3=O)CC2)n1. The molecule has 192 valence electrons. The van der Waals surface area contributed by atoms with Crippen LogP contribution in [0.5, 0.6) is 0 Å². The molecule has 4 heterocycles. The fourth-order valence-corrected chi connectivity index (χ4v) is 6.46. The van der Waals surface area contributed by atoms with Gasteiger partial charge in [0.1, 0.15) is 11.5 Å². The molecule has 3 aromatic heterocycles. The standard InChI is InChI=1S/C25H31FN6O3S/c1-16-6-10-30(29-16)11-7-22(33)28-18-2-4-19(5-3-18)32-24(34)21-14-17(26)15-27-23(21)31(25(32)35)20-8-12-36-13-9-20/h6,10,14-15,18-20H,2-5,7-9,11-13H2,1H3,(H,28,33)/t18-,19+. The summed E-state index contributed by atoms with van der Waals surface area (Å²) in [6, 6.07) is 2.75. The Morgan fingerprint density at radius 2 is 1.83 bits per heavy atom. The quantitative estimate of drug-likeness (QED) is 0.543. The van der Waals surface area contributed by atoms with E-state index in [9.17, 15) is 18.8 Å². The average Bonchev–Trinajstić information content (AvgIpc) is 3.30. The molecule has 1 saturated heterocycles. The molecule has 0 radical (unpaired) electrons. The molecule has 9 nitrogen and oxygen atoms in total. The maximum Gasteiger partial charge on any atom is 0.333 e. The van der Waals surface area contributed by atoms with E-state index in [-0.39, 0.29) is 40.8 Å². The zero-order chi connectivity index (χ0) is 25.2. The molecule has 0 aromatic carbocycles. The van der Waals surface area contributed by atoms with E-state index in [0.29, 0.717) is 38.6 Å². The van der Waals surface area contributed by atoms with Crippen molar-refractivity contribution in [1.82, 2.24) is 29.2 Å². The van der Waals surface area contributed by atoms with E-state index in [4.69, 9.17) is 0 Å². The molecule has 11 heteroatoms. The maximum atomic E-state index is 14.1. The third-order valence-electron chi connectivity index (χ3n) is 7.25. The van der Waals surface area contributed by atoms with Crippen LogP contribution in [0.4, 0.5) is 4.39 Å². The van der Waals surface area contributed by atoms with Crippen molar-refractivity contribution in [3.05, 3.63) is 56.9 Å². The molecule has 0 bridgehead atoms. The van der Waals surface area contributed by atoms with Gasteiger partial charge in [-0.2, -0.15) is 16.9 Å². The number of thioether (sulfide) groups is 1. The first kappa shape index (κ1) is 24.7. The second-order valence-corrected chi connectivity index (χ2v) is 11.0. The van der Waals surface area contributed by atoms with Gasteiger partial charge in [0, 0.05) is 37.3 Å². The van der Waals surface area contributed by atoms with Crippen molar-refractivity contribution in [2.24, 2.45) is 0 Å². The van der Waals surface area contributed by atoms with Gasteiger partial charge in [-0.1, -0.05) is 0 Å². The largest absolute Gasteiger partial charge is 0.353 e. The number of nitrogens with one attached hydrogen (secondary N) is 1. The van der Waals surface area contributed by atoms with E-state index >= 15 is 0 Å². The van der Waals surface area contributed by atoms with Gasteiger partial charge in [-0.05, 0) is 69.1 Å². The van der Waals surface area contributed by atoms with E-state index < -0.39 is 11.4 Å². The summed E-state index contributed by atoms with van der Waals surface area (Å²) < 4.78 is 18.8. The Balaban J connectivity index is 1.32. The summed E-state index contributed by atoms with van der Waals surface area (Å²) >= 11 is 1.85. The molecule has 2 aliphatic rings. The number of hydrogen-bond donors (Lipinski definition) is 1. The topological polar surface area (TPSA) is 104 Å². The Labute approximate surface area is 212 Å². The first-order valence-corrected chi connectivity index (χ1v) is 13.8. The smallest absolute Gasteiger partial charge is 0.333 e. The lowest BCUT2D eigenvalue weighted by Gasteiger charge is -2.31. The number of hydrogen-bond acceptors (Lipinski definition) is 6. The van der Waals surface area contributed by atoms with Crippen molar-refractivity contribution < 1.29 is 9.18 Å². The van der Waals surface area contributed by atoms with Crippen LogP contribution in [-0.4, -0.2) is 47.4 Å². The summed E-state index contributed by atoms with van der Waals surface area (Å²) in [5.41, 5.74) is 0.349. The zero-order valence-electron chi connectivity index (χ0n) is 20.4. The number of rotatable bonds is 6. The number of carbonyl (C=O) groups is 1. The first-order valence-electron chi connectivity index (χ1n) is 12.6. The Bertz CT molecular complexity index is 1370. The van der Waals surface area contributed by atoms with Crippen molar-refractivity contribution in [2.45, 2.75) is 76.5 Å². The normalized spacial score (nSPS) is 21.1. The van der Waals surface area contributed by atoms with Gasteiger partial charge in [0.25, 0.3) is 5.56 Å². The fraction of sp³-hybridized carbons (Fsp3) is 0.560. The molecule has 0 unspecified atom stereocenters. The van der Waals surface area contributed by atoms with Crippen molar-refractivity contribution in [1.29, 1.82) is 0 Å². The van der Waals surface area contributed by atoms with Gasteiger partial charge < -0.3 is 5.32 Å². The van der Waals surface area contributed by atoms with Gasteiger partial charge in [-0.15, -0.1) is 0 Å². The second kappa shape index (κ2) is 10.6. The third-order valence-corrected chi connectivity index (χ3v) is 8.30. The molecule has 1 amide bonds. The van der Waals surface area contributed by atoms with Crippen molar-refractivity contribution in [3.63, 3.8) is 0 Å². The minimum absolute atomic E-state index is 0.000900. The predicted molar refractivity (Wildman–Crippen MR) is 137 cm³/mol. The molecule has 36 heavy (non-hydrogen) atoms. The van der Waals surface area contributed by atoms with Crippen molar-refractivity contribution >= 4 is 28.7 Å². The molecular weight excluding hydrogens is 483 g/mol. The van der Waals surface area contributed by atoms with E-state index in [1.165, 1.54) is 10.6 Å². The number of aromatic nitrogens is 5. The molecule has 0 atom stereocenters. The molecule has 1 N–H and O–H groups in total. The highest BCUT2D eigenvalue weighted by Gasteiger charge is 2.29. The molecular formula is C25H31FN6O3S. The van der Waals surface area contributed by atoms with Crippen LogP contribution in [0, 0.1) is 12.7 Å². The molecule has 1 aliphatic carbocycles. The number of nitrogens with zero attached hydrogens (tertiary/aromatic N) is 5. The lowest BCUT2D eigenvalue weighted by molar-refractivity contribution is -0.122. The number of halogens is 1. The summed E-state index contributed by atoms with van der Waals surface area (Å²) in [5.74, 6) is 1.24. The minimum Gasteiger partial charge on any atom is -0.353 e. The number of pyridine rings is 1. The Morgan fingerprint density at radius 3 is 2.53 bits per heavy atom. The number of aryl methyl sites for hydroxylation is 2. The van der Waals surface area contributed by atoms with Gasteiger partial charge in [0.2, 0.25) is 5.91 Å². The van der Waals surface area contributed by atoms with Gasteiger partial charge in [0.05, 0.1) is 17.3 Å². The second-order valence-electron chi connectivity index (χ2n) is 9.74. The molecule has 0 spiro atoms. The molecule has 1 aliphatic heterocycles. The summed E-state index contributed by atoms with van der Waals surface area (Å²) in [6.45, 7) is 2.43. The van der Waals surface area contributed by atoms with Crippen LogP contribution in [0.25, 0.3) is 11.0 Å². The van der Waals surface area contributed by atoms with Gasteiger partial charge in [-0.3, -0.25) is 23.4 Å². The molecule has 5 rings (SSSR count). The summed E-state index contributed by atoms with van der Waals surface area (Å²) in [5, 5.41) is 7.54. The third kappa shape index (κ3) is 5.11. The van der Waals surface area contributed by atoms with Crippen molar-refractivity contribution in [3.8, 4) is 0 Å². The van der Waals surface area contributed by atoms with Crippen LogP contribution in [0.1, 0.15) is 62.7 Å². The maximum absolute atomic E-state index is 14.1. The summed E-state index contributed by atoms with van der Waals surface area (Å²) in [7, 11) is 0. The van der Waals surface area contributed by atoms with Crippen LogP contribution in [-0.2, 0) is 11.3 Å². The van der Waals surface area contributed by atoms with Gasteiger partial charge in [0.15, 0.2) is 0 Å². The Morgan fingerprint density at radius 1 is 1.11 bits per heavy atom. The summed E-state index contributed by atoms with van der Waals surface area (Å²) in [4.78, 5) is 43.7. The van der Waals surface area contributed by atoms with Crippen LogP contribution in [0.3, 0.4) is 0 Å². The first-order chi connectivity index (χ1) is 17.4. The minimum atomic E-state index is -0.591. The number of fused-ring (bicyclic) bond motifs is 1. The van der Waals surface area contributed by atoms with Crippen LogP contribution < -0.4 is 16.6 Å². The fourth-order valence-electron chi connectivity index (χ4n) is 5.38. The lowest BCUT2D eigenvalue weighted by Crippen LogP contribution is -2.46. The Kier molecular flexibility index (Phi) is 7.27. The highest BCUT2D eigenvalue weighted by molar-refractivity contribution is 7.99. The zero-order valence-corrected chi connectivity index (χ0v) is 21.2. The lowest BCUT2D eigenvalue weighted by atomic mass is 9.90. The van der Waals surface area contributed by atoms with Crippen molar-refractivity contribution in [2.75, 3.05) is 11.5 Å². The molecule has 1 saturated carbocycles. The van der Waals surface area contributed by atoms with Gasteiger partial charge in [-0.25, -0.2) is 14.2 Å². The number of carbonyl (C=O) groups excluding carboxylic acids is 1. The van der Waals surface area contributed by atoms with E-state index in [1.54, 1.807) is 9.25 Å². The van der Waals surface area contributed by atoms with Crippen LogP contribution in [0.15, 0.2) is 34.1 Å². The Hall–Kier alpha value is -2.95. The van der Waals surface area contributed by atoms with Gasteiger partial charge >= 0.3 is 5.69 Å². The summed E-state index contributed by atoms with van der Waals surface area (Å²) in [6.07, 6.45) is 7.41. The average molecular weight is 515 g/mol. The van der Waals surface area contributed by atoms with E-state index in [1.807, 2.05) is 30.9 Å². The number of amides is 1. The highest BCUT2D eigenvalue weighted by Crippen LogP contribution is 2.30. The van der Waals surface area contributed by atoms with Crippen LogP contribution in [0.2, 0.25) is 0 Å². The molecule has 3 aromatic rings. The van der Waals surface area contributed by atoms with E-state index in [2.05, 4.69) is 15.4 Å². The monoisotopic (exact) mass is 514 g/mol. The predicted octanol–water partition coefficient (Wildman–Crippen LogP) is 2.96.